The molecule has 7 heteroatoms. The number of hydrogen-bond acceptors (Lipinski definition) is 3. The van der Waals surface area contributed by atoms with E-state index in [4.69, 9.17) is 21.1 Å². The van der Waals surface area contributed by atoms with Gasteiger partial charge in [0.25, 0.3) is 0 Å². The molecule has 1 N–H and O–H groups in total. The standard InChI is InChI=1S/C15H18BrClFNO3/c1-14(2,3)22-13(20)19-15(4-5-15)8-21-12-10(17)6-9(16)7-11(12)18/h6-7H,4-5,8H2,1-3H3,(H,19,20). The average molecular weight is 395 g/mol. The van der Waals surface area contributed by atoms with Crippen LogP contribution in [-0.4, -0.2) is 23.8 Å². The van der Waals surface area contributed by atoms with E-state index in [1.54, 1.807) is 26.8 Å². The van der Waals surface area contributed by atoms with Crippen LogP contribution in [0, 0.1) is 5.82 Å². The molecule has 1 amide bonds. The molecule has 0 unspecified atom stereocenters. The van der Waals surface area contributed by atoms with E-state index in [0.717, 1.165) is 12.8 Å². The number of alkyl carbamates (subject to hydrolysis) is 1. The van der Waals surface area contributed by atoms with Crippen LogP contribution in [-0.2, 0) is 4.74 Å². The van der Waals surface area contributed by atoms with Gasteiger partial charge in [-0.3, -0.25) is 0 Å². The quantitative estimate of drug-likeness (QED) is 0.807. The number of benzene rings is 1. The van der Waals surface area contributed by atoms with E-state index in [0.29, 0.717) is 4.47 Å². The van der Waals surface area contributed by atoms with E-state index in [9.17, 15) is 9.18 Å². The van der Waals surface area contributed by atoms with Gasteiger partial charge in [-0.25, -0.2) is 9.18 Å². The first-order valence-corrected chi connectivity index (χ1v) is 8.06. The molecule has 0 atom stereocenters. The largest absolute Gasteiger partial charge is 0.486 e. The second-order valence-corrected chi connectivity index (χ2v) is 7.72. The summed E-state index contributed by atoms with van der Waals surface area (Å²) in [6, 6.07) is 2.84. The molecule has 0 aromatic heterocycles. The maximum Gasteiger partial charge on any atom is 0.408 e. The van der Waals surface area contributed by atoms with Crippen molar-refractivity contribution in [3.63, 3.8) is 0 Å². The lowest BCUT2D eigenvalue weighted by molar-refractivity contribution is 0.0476. The van der Waals surface area contributed by atoms with Gasteiger partial charge in [-0.15, -0.1) is 0 Å². The monoisotopic (exact) mass is 393 g/mol. The van der Waals surface area contributed by atoms with E-state index in [2.05, 4.69) is 21.2 Å². The molecule has 0 spiro atoms. The molecule has 0 saturated heterocycles. The van der Waals surface area contributed by atoms with Crippen LogP contribution in [0.5, 0.6) is 5.75 Å². The third kappa shape index (κ3) is 4.74. The van der Waals surface area contributed by atoms with Crippen LogP contribution in [0.1, 0.15) is 33.6 Å². The normalized spacial score (nSPS) is 16.1. The molecule has 1 aliphatic carbocycles. The first-order valence-electron chi connectivity index (χ1n) is 6.89. The molecule has 1 fully saturated rings. The Balaban J connectivity index is 1.96. The highest BCUT2D eigenvalue weighted by molar-refractivity contribution is 9.10. The van der Waals surface area contributed by atoms with E-state index in [-0.39, 0.29) is 17.4 Å². The molecule has 1 aromatic carbocycles. The fourth-order valence-electron chi connectivity index (χ4n) is 1.85. The topological polar surface area (TPSA) is 47.6 Å². The second-order valence-electron chi connectivity index (χ2n) is 6.39. The van der Waals surface area contributed by atoms with E-state index < -0.39 is 23.1 Å². The number of halogens is 3. The lowest BCUT2D eigenvalue weighted by atomic mass is 10.2. The second kappa shape index (κ2) is 6.24. The summed E-state index contributed by atoms with van der Waals surface area (Å²) in [6.45, 7) is 5.52. The fraction of sp³-hybridized carbons (Fsp3) is 0.533. The molecule has 4 nitrogen and oxygen atoms in total. The van der Waals surface area contributed by atoms with Crippen LogP contribution >= 0.6 is 27.5 Å². The average Bonchev–Trinajstić information content (AvgIpc) is 3.04. The van der Waals surface area contributed by atoms with Crippen LogP contribution in [0.4, 0.5) is 9.18 Å². The van der Waals surface area contributed by atoms with Crippen molar-refractivity contribution in [1.82, 2.24) is 5.32 Å². The highest BCUT2D eigenvalue weighted by Crippen LogP contribution is 2.38. The van der Waals surface area contributed by atoms with Crippen LogP contribution in [0.3, 0.4) is 0 Å². The molecule has 22 heavy (non-hydrogen) atoms. The van der Waals surface area contributed by atoms with Gasteiger partial charge in [0.15, 0.2) is 11.6 Å². The van der Waals surface area contributed by atoms with Gasteiger partial charge in [0, 0.05) is 4.47 Å². The van der Waals surface area contributed by atoms with Gasteiger partial charge >= 0.3 is 6.09 Å². The van der Waals surface area contributed by atoms with Crippen molar-refractivity contribution in [1.29, 1.82) is 0 Å². The van der Waals surface area contributed by atoms with E-state index in [1.165, 1.54) is 6.07 Å². The molecular weight excluding hydrogens is 377 g/mol. The van der Waals surface area contributed by atoms with E-state index in [1.807, 2.05) is 0 Å². The molecule has 1 aromatic rings. The Hall–Kier alpha value is -1.01. The number of hydrogen-bond donors (Lipinski definition) is 1. The van der Waals surface area contributed by atoms with Gasteiger partial charge in [0.1, 0.15) is 12.2 Å². The summed E-state index contributed by atoms with van der Waals surface area (Å²) in [5, 5.41) is 2.96. The summed E-state index contributed by atoms with van der Waals surface area (Å²) in [6.07, 6.45) is 1.00. The summed E-state index contributed by atoms with van der Waals surface area (Å²) < 4.78 is 25.1. The highest BCUT2D eigenvalue weighted by Gasteiger charge is 2.46. The molecule has 122 valence electrons. The molecule has 1 saturated carbocycles. The van der Waals surface area contributed by atoms with Crippen molar-refractivity contribution in [3.8, 4) is 5.75 Å². The minimum absolute atomic E-state index is 0.0119. The molecule has 2 rings (SSSR count). The molecule has 0 heterocycles. The Kier molecular flexibility index (Phi) is 4.92. The van der Waals surface area contributed by atoms with Gasteiger partial charge in [-0.1, -0.05) is 27.5 Å². The summed E-state index contributed by atoms with van der Waals surface area (Å²) in [7, 11) is 0. The lowest BCUT2D eigenvalue weighted by Gasteiger charge is -2.23. The van der Waals surface area contributed by atoms with E-state index >= 15 is 0 Å². The maximum atomic E-state index is 13.8. The first-order chi connectivity index (χ1) is 10.1. The Bertz CT molecular complexity index is 562. The van der Waals surface area contributed by atoms with Crippen molar-refractivity contribution >= 4 is 33.6 Å². The molecule has 1 aliphatic rings. The molecular formula is C15H18BrClFNO3. The Morgan fingerprint density at radius 2 is 2.09 bits per heavy atom. The molecule has 0 aliphatic heterocycles. The predicted molar refractivity (Wildman–Crippen MR) is 85.9 cm³/mol. The SMILES string of the molecule is CC(C)(C)OC(=O)NC1(COc2c(F)cc(Br)cc2Cl)CC1. The summed E-state index contributed by atoms with van der Waals surface area (Å²) in [4.78, 5) is 11.8. The smallest absolute Gasteiger partial charge is 0.408 e. The van der Waals surface area contributed by atoms with Gasteiger partial charge in [0.05, 0.1) is 10.6 Å². The number of amides is 1. The number of rotatable bonds is 4. The van der Waals surface area contributed by atoms with Gasteiger partial charge < -0.3 is 14.8 Å². The van der Waals surface area contributed by atoms with Gasteiger partial charge in [0.2, 0.25) is 0 Å². The zero-order valence-electron chi connectivity index (χ0n) is 12.6. The zero-order valence-corrected chi connectivity index (χ0v) is 15.0. The fourth-order valence-corrected chi connectivity index (χ4v) is 2.68. The van der Waals surface area contributed by atoms with Crippen molar-refractivity contribution < 1.29 is 18.7 Å². The number of carbonyl (C=O) groups excluding carboxylic acids is 1. The van der Waals surface area contributed by atoms with Crippen molar-refractivity contribution in [3.05, 3.63) is 27.4 Å². The lowest BCUT2D eigenvalue weighted by Crippen LogP contribution is -2.44. The Morgan fingerprint density at radius 1 is 1.45 bits per heavy atom. The summed E-state index contributed by atoms with van der Waals surface area (Å²) in [5.41, 5.74) is -1.08. The zero-order chi connectivity index (χ0) is 16.5. The van der Waals surface area contributed by atoms with Gasteiger partial charge in [-0.05, 0) is 45.7 Å². The predicted octanol–water partition coefficient (Wildman–Crippen LogP) is 4.68. The van der Waals surface area contributed by atoms with Crippen LogP contribution < -0.4 is 10.1 Å². The summed E-state index contributed by atoms with van der Waals surface area (Å²) >= 11 is 9.13. The third-order valence-electron chi connectivity index (χ3n) is 3.08. The Morgan fingerprint density at radius 3 is 2.59 bits per heavy atom. The third-order valence-corrected chi connectivity index (χ3v) is 3.81. The van der Waals surface area contributed by atoms with Crippen LogP contribution in [0.2, 0.25) is 5.02 Å². The van der Waals surface area contributed by atoms with Crippen molar-refractivity contribution in [2.24, 2.45) is 0 Å². The van der Waals surface area contributed by atoms with Gasteiger partial charge in [-0.2, -0.15) is 0 Å². The van der Waals surface area contributed by atoms with Crippen LogP contribution in [0.15, 0.2) is 16.6 Å². The first kappa shape index (κ1) is 17.3. The minimum atomic E-state index is -0.567. The number of carbonyl (C=O) groups is 1. The Labute approximate surface area is 142 Å². The maximum absolute atomic E-state index is 13.8. The minimum Gasteiger partial charge on any atom is -0.486 e. The summed E-state index contributed by atoms with van der Waals surface area (Å²) in [5.74, 6) is -0.561. The molecule has 0 bridgehead atoms. The van der Waals surface area contributed by atoms with Crippen molar-refractivity contribution in [2.75, 3.05) is 6.61 Å². The molecule has 0 radical (unpaired) electrons. The number of nitrogens with one attached hydrogen (secondary N) is 1. The van der Waals surface area contributed by atoms with Crippen molar-refractivity contribution in [2.45, 2.75) is 44.8 Å². The number of ether oxygens (including phenoxy) is 2. The highest BCUT2D eigenvalue weighted by atomic mass is 79.9. The van der Waals surface area contributed by atoms with Crippen LogP contribution in [0.25, 0.3) is 0 Å².